The summed E-state index contributed by atoms with van der Waals surface area (Å²) in [6.07, 6.45) is 4.74. The summed E-state index contributed by atoms with van der Waals surface area (Å²) in [7, 11) is 1.66. The summed E-state index contributed by atoms with van der Waals surface area (Å²) in [5, 5.41) is 4.08. The van der Waals surface area contributed by atoms with E-state index in [1.807, 2.05) is 29.2 Å². The van der Waals surface area contributed by atoms with Gasteiger partial charge in [-0.05, 0) is 37.0 Å². The van der Waals surface area contributed by atoms with Crippen molar-refractivity contribution < 1.29 is 18.8 Å². The predicted octanol–water partition coefficient (Wildman–Crippen LogP) is 2.65. The Morgan fingerprint density at radius 3 is 2.88 bits per heavy atom. The molecule has 0 saturated carbocycles. The second-order valence-electron chi connectivity index (χ2n) is 6.94. The van der Waals surface area contributed by atoms with E-state index >= 15 is 0 Å². The first-order chi connectivity index (χ1) is 12.7. The Kier molecular flexibility index (Phi) is 4.93. The monoisotopic (exact) mass is 356 g/mol. The zero-order valence-electron chi connectivity index (χ0n) is 15.1. The maximum atomic E-state index is 12.9. The van der Waals surface area contributed by atoms with E-state index in [1.165, 1.54) is 5.56 Å². The van der Waals surface area contributed by atoms with Gasteiger partial charge >= 0.3 is 0 Å². The number of nitrogens with zero attached hydrogens (tertiary/aromatic N) is 2. The maximum absolute atomic E-state index is 12.9. The molecule has 4 rings (SSSR count). The number of fused-ring (bicyclic) bond motifs is 1. The fourth-order valence-electron chi connectivity index (χ4n) is 3.75. The lowest BCUT2D eigenvalue weighted by molar-refractivity contribution is -0.0211. The van der Waals surface area contributed by atoms with Gasteiger partial charge in [-0.1, -0.05) is 17.3 Å². The molecule has 26 heavy (non-hydrogen) atoms. The number of carbonyl (C=O) groups excluding carboxylic acids is 1. The topological polar surface area (TPSA) is 64.8 Å². The van der Waals surface area contributed by atoms with Crippen LogP contribution in [0.1, 0.15) is 40.2 Å². The highest BCUT2D eigenvalue weighted by Crippen LogP contribution is 2.26. The normalized spacial score (nSPS) is 19.9. The summed E-state index contributed by atoms with van der Waals surface area (Å²) in [4.78, 5) is 14.8. The molecule has 138 valence electrons. The van der Waals surface area contributed by atoms with Crippen LogP contribution in [-0.4, -0.2) is 48.9 Å². The predicted molar refractivity (Wildman–Crippen MR) is 95.5 cm³/mol. The third-order valence-electron chi connectivity index (χ3n) is 5.20. The lowest BCUT2D eigenvalue weighted by Crippen LogP contribution is -2.46. The van der Waals surface area contributed by atoms with Crippen LogP contribution < -0.4 is 4.74 Å². The Hall–Kier alpha value is -2.34. The van der Waals surface area contributed by atoms with Gasteiger partial charge in [-0.25, -0.2) is 0 Å². The van der Waals surface area contributed by atoms with Crippen molar-refractivity contribution in [3.8, 4) is 5.75 Å². The Balaban J connectivity index is 1.42. The first kappa shape index (κ1) is 17.1. The lowest BCUT2D eigenvalue weighted by atomic mass is 9.96. The van der Waals surface area contributed by atoms with Crippen LogP contribution in [0.15, 0.2) is 28.8 Å². The molecule has 1 saturated heterocycles. The molecule has 1 fully saturated rings. The Morgan fingerprint density at radius 2 is 2.08 bits per heavy atom. The summed E-state index contributed by atoms with van der Waals surface area (Å²) in [5.74, 6) is 1.70. The molecule has 1 atom stereocenters. The number of methoxy groups -OCH3 is 1. The lowest BCUT2D eigenvalue weighted by Gasteiger charge is -2.32. The summed E-state index contributed by atoms with van der Waals surface area (Å²) in [6, 6.07) is 7.97. The molecular weight excluding hydrogens is 332 g/mol. The molecule has 1 amide bonds. The molecule has 0 radical (unpaired) electrons. The van der Waals surface area contributed by atoms with Crippen molar-refractivity contribution in [3.63, 3.8) is 0 Å². The molecule has 1 aromatic carbocycles. The third kappa shape index (κ3) is 3.46. The number of aromatic nitrogens is 1. The van der Waals surface area contributed by atoms with Gasteiger partial charge in [0, 0.05) is 31.5 Å². The number of ether oxygens (including phenoxy) is 2. The van der Waals surface area contributed by atoms with Gasteiger partial charge in [0.2, 0.25) is 0 Å². The van der Waals surface area contributed by atoms with Gasteiger partial charge in [0.15, 0.2) is 5.69 Å². The summed E-state index contributed by atoms with van der Waals surface area (Å²) < 4.78 is 16.5. The van der Waals surface area contributed by atoms with Crippen molar-refractivity contribution >= 4 is 5.91 Å². The van der Waals surface area contributed by atoms with Gasteiger partial charge in [-0.2, -0.15) is 0 Å². The zero-order valence-corrected chi connectivity index (χ0v) is 15.1. The van der Waals surface area contributed by atoms with Gasteiger partial charge < -0.3 is 18.9 Å². The van der Waals surface area contributed by atoms with E-state index < -0.39 is 0 Å². The van der Waals surface area contributed by atoms with Crippen LogP contribution in [0.2, 0.25) is 0 Å². The molecule has 2 heterocycles. The number of rotatable bonds is 4. The Morgan fingerprint density at radius 1 is 1.27 bits per heavy atom. The second-order valence-corrected chi connectivity index (χ2v) is 6.94. The van der Waals surface area contributed by atoms with E-state index in [4.69, 9.17) is 14.0 Å². The Bertz CT molecular complexity index is 769. The van der Waals surface area contributed by atoms with Crippen LogP contribution in [0.5, 0.6) is 5.75 Å². The number of aryl methyl sites for hydroxylation is 1. The molecule has 0 spiro atoms. The Labute approximate surface area is 153 Å². The average molecular weight is 356 g/mol. The number of hydrogen-bond donors (Lipinski definition) is 0. The summed E-state index contributed by atoms with van der Waals surface area (Å²) >= 11 is 0. The van der Waals surface area contributed by atoms with E-state index in [1.54, 1.807) is 7.11 Å². The maximum Gasteiger partial charge on any atom is 0.276 e. The molecule has 1 aliphatic heterocycles. The summed E-state index contributed by atoms with van der Waals surface area (Å²) in [5.41, 5.74) is 2.69. The minimum Gasteiger partial charge on any atom is -0.497 e. The standard InChI is InChI=1S/C20H24N2O4/c1-24-15-8-6-14(7-9-15)12-16-13-22(10-11-25-16)20(23)19-17-4-2-3-5-18(17)26-21-19/h6-9,16H,2-5,10-13H2,1H3/t16-/m1/s1. The molecule has 2 aromatic rings. The van der Waals surface area contributed by atoms with Crippen molar-refractivity contribution in [2.75, 3.05) is 26.8 Å². The largest absolute Gasteiger partial charge is 0.497 e. The second kappa shape index (κ2) is 7.50. The van der Waals surface area contributed by atoms with E-state index in [-0.39, 0.29) is 12.0 Å². The van der Waals surface area contributed by atoms with Gasteiger partial charge in [0.1, 0.15) is 11.5 Å². The van der Waals surface area contributed by atoms with Crippen LogP contribution in [0.25, 0.3) is 0 Å². The number of carbonyl (C=O) groups is 1. The number of benzene rings is 1. The fraction of sp³-hybridized carbons (Fsp3) is 0.500. The SMILES string of the molecule is COc1ccc(C[C@@H]2CN(C(=O)c3noc4c3CCCC4)CCO2)cc1. The van der Waals surface area contributed by atoms with Gasteiger partial charge in [-0.15, -0.1) is 0 Å². The fourth-order valence-corrected chi connectivity index (χ4v) is 3.75. The van der Waals surface area contributed by atoms with E-state index in [2.05, 4.69) is 5.16 Å². The van der Waals surface area contributed by atoms with Gasteiger partial charge in [0.05, 0.1) is 19.8 Å². The molecule has 1 aromatic heterocycles. The number of morpholine rings is 1. The quantitative estimate of drug-likeness (QED) is 0.843. The minimum atomic E-state index is -0.0278. The molecule has 2 aliphatic rings. The van der Waals surface area contributed by atoms with Crippen LogP contribution in [-0.2, 0) is 24.0 Å². The van der Waals surface area contributed by atoms with Crippen LogP contribution >= 0.6 is 0 Å². The van der Waals surface area contributed by atoms with Crippen molar-refractivity contribution in [2.45, 2.75) is 38.2 Å². The minimum absolute atomic E-state index is 0.0103. The number of hydrogen-bond acceptors (Lipinski definition) is 5. The van der Waals surface area contributed by atoms with Gasteiger partial charge in [0.25, 0.3) is 5.91 Å². The molecule has 0 bridgehead atoms. The first-order valence-electron chi connectivity index (χ1n) is 9.26. The van der Waals surface area contributed by atoms with Crippen LogP contribution in [0, 0.1) is 0 Å². The zero-order chi connectivity index (χ0) is 17.9. The molecule has 0 N–H and O–H groups in total. The van der Waals surface area contributed by atoms with E-state index in [0.717, 1.165) is 49.2 Å². The first-order valence-corrected chi connectivity index (χ1v) is 9.26. The smallest absolute Gasteiger partial charge is 0.276 e. The van der Waals surface area contributed by atoms with Crippen LogP contribution in [0.3, 0.4) is 0 Å². The third-order valence-corrected chi connectivity index (χ3v) is 5.20. The highest BCUT2D eigenvalue weighted by Gasteiger charge is 2.30. The highest BCUT2D eigenvalue weighted by molar-refractivity contribution is 5.94. The summed E-state index contributed by atoms with van der Waals surface area (Å²) in [6.45, 7) is 1.72. The molecule has 0 unspecified atom stereocenters. The molecule has 6 nitrogen and oxygen atoms in total. The van der Waals surface area contributed by atoms with E-state index in [0.29, 0.717) is 25.4 Å². The highest BCUT2D eigenvalue weighted by atomic mass is 16.5. The average Bonchev–Trinajstić information content (AvgIpc) is 3.12. The van der Waals surface area contributed by atoms with Gasteiger partial charge in [-0.3, -0.25) is 4.79 Å². The molecular formula is C20H24N2O4. The number of amides is 1. The molecule has 6 heteroatoms. The van der Waals surface area contributed by atoms with Crippen LogP contribution in [0.4, 0.5) is 0 Å². The van der Waals surface area contributed by atoms with Crippen molar-refractivity contribution in [1.29, 1.82) is 0 Å². The van der Waals surface area contributed by atoms with Crippen molar-refractivity contribution in [2.24, 2.45) is 0 Å². The van der Waals surface area contributed by atoms with Crippen molar-refractivity contribution in [1.82, 2.24) is 10.1 Å². The van der Waals surface area contributed by atoms with E-state index in [9.17, 15) is 4.79 Å². The van der Waals surface area contributed by atoms with Crippen molar-refractivity contribution in [3.05, 3.63) is 46.8 Å². The molecule has 1 aliphatic carbocycles.